The Morgan fingerprint density at radius 2 is 2.00 bits per heavy atom. The SMILES string of the molecule is COc1ccc(N(Cc2cccs2)C(=O)CC(C)C2CCNCC2)cc1. The number of nitrogens with zero attached hydrogens (tertiary/aromatic N) is 1. The number of nitrogens with one attached hydrogen (secondary N) is 1. The van der Waals surface area contributed by atoms with E-state index in [1.165, 1.54) is 17.7 Å². The molecule has 1 amide bonds. The molecule has 1 aromatic carbocycles. The third kappa shape index (κ3) is 4.86. The van der Waals surface area contributed by atoms with E-state index in [9.17, 15) is 4.79 Å². The van der Waals surface area contributed by atoms with Crippen LogP contribution in [0.15, 0.2) is 41.8 Å². The van der Waals surface area contributed by atoms with Crippen LogP contribution in [0.25, 0.3) is 0 Å². The lowest BCUT2D eigenvalue weighted by atomic mass is 9.84. The lowest BCUT2D eigenvalue weighted by molar-refractivity contribution is -0.120. The minimum atomic E-state index is 0.203. The van der Waals surface area contributed by atoms with Crippen LogP contribution in [0.2, 0.25) is 0 Å². The Hall–Kier alpha value is -1.85. The molecule has 1 aromatic heterocycles. The smallest absolute Gasteiger partial charge is 0.227 e. The number of benzene rings is 1. The number of carbonyl (C=O) groups excluding carboxylic acids is 1. The second kappa shape index (κ2) is 9.19. The molecule has 0 saturated carbocycles. The summed E-state index contributed by atoms with van der Waals surface area (Å²) in [6.07, 6.45) is 2.94. The molecule has 4 nitrogen and oxygen atoms in total. The monoisotopic (exact) mass is 372 g/mol. The van der Waals surface area contributed by atoms with E-state index in [1.807, 2.05) is 35.2 Å². The van der Waals surface area contributed by atoms with Crippen molar-refractivity contribution in [3.8, 4) is 5.75 Å². The van der Waals surface area contributed by atoms with E-state index >= 15 is 0 Å². The summed E-state index contributed by atoms with van der Waals surface area (Å²) in [5.41, 5.74) is 0.932. The van der Waals surface area contributed by atoms with E-state index in [-0.39, 0.29) is 5.91 Å². The predicted octanol–water partition coefficient (Wildman–Crippen LogP) is 4.32. The van der Waals surface area contributed by atoms with Crippen LogP contribution in [0, 0.1) is 11.8 Å². The molecule has 1 saturated heterocycles. The summed E-state index contributed by atoms with van der Waals surface area (Å²) < 4.78 is 5.25. The molecule has 0 radical (unpaired) electrons. The standard InChI is InChI=1S/C21H28N2O2S/c1-16(17-9-11-22-12-10-17)14-21(24)23(15-20-4-3-13-26-20)18-5-7-19(25-2)8-6-18/h3-8,13,16-17,22H,9-12,14-15H2,1-2H3. The maximum Gasteiger partial charge on any atom is 0.227 e. The zero-order chi connectivity index (χ0) is 18.4. The molecule has 2 aromatic rings. The van der Waals surface area contributed by atoms with Gasteiger partial charge in [0.25, 0.3) is 0 Å². The maximum atomic E-state index is 13.2. The number of hydrogen-bond donors (Lipinski definition) is 1. The Morgan fingerprint density at radius 3 is 2.62 bits per heavy atom. The Bertz CT molecular complexity index is 679. The van der Waals surface area contributed by atoms with Gasteiger partial charge in [0.2, 0.25) is 5.91 Å². The molecule has 3 rings (SSSR count). The van der Waals surface area contributed by atoms with Crippen LogP contribution >= 0.6 is 11.3 Å². The Balaban J connectivity index is 1.73. The number of methoxy groups -OCH3 is 1. The summed E-state index contributed by atoms with van der Waals surface area (Å²) in [5, 5.41) is 5.47. The second-order valence-corrected chi connectivity index (χ2v) is 8.06. The van der Waals surface area contributed by atoms with Crippen LogP contribution in [0.5, 0.6) is 5.75 Å². The van der Waals surface area contributed by atoms with Crippen molar-refractivity contribution in [1.82, 2.24) is 5.32 Å². The fraction of sp³-hybridized carbons (Fsp3) is 0.476. The Labute approximate surface area is 160 Å². The molecular formula is C21H28N2O2S. The molecule has 1 unspecified atom stereocenters. The number of rotatable bonds is 7. The van der Waals surface area contributed by atoms with Gasteiger partial charge in [-0.15, -0.1) is 11.3 Å². The van der Waals surface area contributed by atoms with Crippen LogP contribution in [0.1, 0.15) is 31.1 Å². The first-order valence-electron chi connectivity index (χ1n) is 9.35. The van der Waals surface area contributed by atoms with Crippen LogP contribution in [0.4, 0.5) is 5.69 Å². The van der Waals surface area contributed by atoms with Crippen molar-refractivity contribution in [2.24, 2.45) is 11.8 Å². The maximum absolute atomic E-state index is 13.2. The largest absolute Gasteiger partial charge is 0.497 e. The Morgan fingerprint density at radius 1 is 1.27 bits per heavy atom. The third-order valence-electron chi connectivity index (χ3n) is 5.26. The normalized spacial score (nSPS) is 16.2. The van der Waals surface area contributed by atoms with Crippen LogP contribution in [-0.2, 0) is 11.3 Å². The summed E-state index contributed by atoms with van der Waals surface area (Å²) in [5.74, 6) is 2.06. The zero-order valence-electron chi connectivity index (χ0n) is 15.6. The molecule has 5 heteroatoms. The average Bonchev–Trinajstić information content (AvgIpc) is 3.20. The first-order valence-corrected chi connectivity index (χ1v) is 10.2. The van der Waals surface area contributed by atoms with Gasteiger partial charge in [0.15, 0.2) is 0 Å². The van der Waals surface area contributed by atoms with Crippen molar-refractivity contribution < 1.29 is 9.53 Å². The highest BCUT2D eigenvalue weighted by atomic mass is 32.1. The van der Waals surface area contributed by atoms with Gasteiger partial charge in [0.1, 0.15) is 5.75 Å². The number of hydrogen-bond acceptors (Lipinski definition) is 4. The topological polar surface area (TPSA) is 41.6 Å². The van der Waals surface area contributed by atoms with Gasteiger partial charge in [-0.1, -0.05) is 13.0 Å². The van der Waals surface area contributed by atoms with Gasteiger partial charge in [0, 0.05) is 17.0 Å². The van der Waals surface area contributed by atoms with E-state index in [2.05, 4.69) is 23.7 Å². The molecular weight excluding hydrogens is 344 g/mol. The molecule has 26 heavy (non-hydrogen) atoms. The van der Waals surface area contributed by atoms with Crippen molar-refractivity contribution in [2.75, 3.05) is 25.1 Å². The molecule has 0 bridgehead atoms. The van der Waals surface area contributed by atoms with Gasteiger partial charge >= 0.3 is 0 Å². The molecule has 0 aliphatic carbocycles. The number of ether oxygens (including phenoxy) is 1. The minimum Gasteiger partial charge on any atom is -0.497 e. The van der Waals surface area contributed by atoms with Gasteiger partial charge in [-0.3, -0.25) is 4.79 Å². The van der Waals surface area contributed by atoms with Gasteiger partial charge < -0.3 is 15.0 Å². The summed E-state index contributed by atoms with van der Waals surface area (Å²) >= 11 is 1.69. The predicted molar refractivity (Wildman–Crippen MR) is 108 cm³/mol. The summed E-state index contributed by atoms with van der Waals surface area (Å²) in [7, 11) is 1.66. The van der Waals surface area contributed by atoms with Gasteiger partial charge in [-0.25, -0.2) is 0 Å². The van der Waals surface area contributed by atoms with Crippen LogP contribution in [-0.4, -0.2) is 26.1 Å². The molecule has 1 aliphatic rings. The number of carbonyl (C=O) groups is 1. The van der Waals surface area contributed by atoms with Crippen LogP contribution < -0.4 is 15.0 Å². The molecule has 2 heterocycles. The molecule has 1 N–H and O–H groups in total. The van der Waals surface area contributed by atoms with E-state index in [1.54, 1.807) is 18.4 Å². The quantitative estimate of drug-likeness (QED) is 0.787. The van der Waals surface area contributed by atoms with E-state index in [0.717, 1.165) is 24.5 Å². The van der Waals surface area contributed by atoms with E-state index < -0.39 is 0 Å². The van der Waals surface area contributed by atoms with Gasteiger partial charge in [0.05, 0.1) is 13.7 Å². The van der Waals surface area contributed by atoms with Crippen molar-refractivity contribution in [3.63, 3.8) is 0 Å². The van der Waals surface area contributed by atoms with Crippen molar-refractivity contribution in [2.45, 2.75) is 32.7 Å². The highest BCUT2D eigenvalue weighted by Crippen LogP contribution is 2.28. The first-order chi connectivity index (χ1) is 12.7. The Kier molecular flexibility index (Phi) is 6.69. The molecule has 1 aliphatic heterocycles. The fourth-order valence-corrected chi connectivity index (χ4v) is 4.30. The lowest BCUT2D eigenvalue weighted by Crippen LogP contribution is -2.35. The van der Waals surface area contributed by atoms with Crippen molar-refractivity contribution in [3.05, 3.63) is 46.7 Å². The third-order valence-corrected chi connectivity index (χ3v) is 6.13. The highest BCUT2D eigenvalue weighted by molar-refractivity contribution is 7.09. The lowest BCUT2D eigenvalue weighted by Gasteiger charge is -2.30. The zero-order valence-corrected chi connectivity index (χ0v) is 16.4. The molecule has 1 atom stereocenters. The van der Waals surface area contributed by atoms with Crippen molar-refractivity contribution in [1.29, 1.82) is 0 Å². The van der Waals surface area contributed by atoms with E-state index in [0.29, 0.717) is 24.8 Å². The summed E-state index contributed by atoms with van der Waals surface area (Å²) in [6, 6.07) is 11.9. The van der Waals surface area contributed by atoms with E-state index in [4.69, 9.17) is 4.74 Å². The first kappa shape index (κ1) is 18.9. The second-order valence-electron chi connectivity index (χ2n) is 7.03. The highest BCUT2D eigenvalue weighted by Gasteiger charge is 2.25. The number of piperidine rings is 1. The number of amides is 1. The summed E-state index contributed by atoms with van der Waals surface area (Å²) in [4.78, 5) is 16.3. The minimum absolute atomic E-state index is 0.203. The van der Waals surface area contributed by atoms with Crippen molar-refractivity contribution >= 4 is 22.9 Å². The molecule has 140 valence electrons. The number of thiophene rings is 1. The molecule has 0 spiro atoms. The van der Waals surface area contributed by atoms with Gasteiger partial charge in [-0.05, 0) is 73.5 Å². The molecule has 1 fully saturated rings. The van der Waals surface area contributed by atoms with Crippen LogP contribution in [0.3, 0.4) is 0 Å². The number of anilines is 1. The van der Waals surface area contributed by atoms with Gasteiger partial charge in [-0.2, -0.15) is 0 Å². The fourth-order valence-electron chi connectivity index (χ4n) is 3.61. The summed E-state index contributed by atoms with van der Waals surface area (Å²) in [6.45, 7) is 4.99. The average molecular weight is 373 g/mol.